The molecule has 1 aromatic carbocycles. The molecule has 5 nitrogen and oxygen atoms in total. The molecular formula is C13H16O5. The lowest BCUT2D eigenvalue weighted by Crippen LogP contribution is -2.12. The predicted octanol–water partition coefficient (Wildman–Crippen LogP) is 1.74. The van der Waals surface area contributed by atoms with Gasteiger partial charge in [0.15, 0.2) is 0 Å². The van der Waals surface area contributed by atoms with Crippen LogP contribution in [0, 0.1) is 0 Å². The summed E-state index contributed by atoms with van der Waals surface area (Å²) in [5.74, 6) is 0.180. The van der Waals surface area contributed by atoms with Crippen LogP contribution in [0.15, 0.2) is 43.0 Å². The van der Waals surface area contributed by atoms with Crippen molar-refractivity contribution in [3.63, 3.8) is 0 Å². The van der Waals surface area contributed by atoms with E-state index in [-0.39, 0.29) is 6.61 Å². The molecule has 0 atom stereocenters. The Labute approximate surface area is 106 Å². The van der Waals surface area contributed by atoms with Gasteiger partial charge in [-0.1, -0.05) is 24.8 Å². The Morgan fingerprint density at radius 2 is 1.83 bits per heavy atom. The van der Waals surface area contributed by atoms with Crippen LogP contribution in [-0.2, 0) is 19.3 Å². The molecule has 18 heavy (non-hydrogen) atoms. The number of hydrogen-bond donors (Lipinski definition) is 0. The molecule has 0 aliphatic heterocycles. The molecule has 1 aromatic rings. The van der Waals surface area contributed by atoms with Gasteiger partial charge in [0.25, 0.3) is 0 Å². The lowest BCUT2D eigenvalue weighted by Gasteiger charge is -2.06. The third-order valence-corrected chi connectivity index (χ3v) is 1.86. The standard InChI is InChI=1S/C13H16O5/c1-2-13(14)18-17-11-9-15-8-10-16-12-6-4-3-5-7-12/h2-7H,1,8-11H2. The zero-order chi connectivity index (χ0) is 13.1. The number of para-hydroxylation sites is 1. The van der Waals surface area contributed by atoms with Crippen LogP contribution in [0.2, 0.25) is 0 Å². The maximum Gasteiger partial charge on any atom is 0.365 e. The van der Waals surface area contributed by atoms with E-state index in [4.69, 9.17) is 9.47 Å². The highest BCUT2D eigenvalue weighted by molar-refractivity contribution is 5.80. The van der Waals surface area contributed by atoms with Gasteiger partial charge in [-0.2, -0.15) is 4.89 Å². The first kappa shape index (κ1) is 14.2. The molecule has 0 bridgehead atoms. The van der Waals surface area contributed by atoms with Crippen molar-refractivity contribution >= 4 is 5.97 Å². The number of carbonyl (C=O) groups excluding carboxylic acids is 1. The minimum absolute atomic E-state index is 0.172. The molecule has 0 aliphatic carbocycles. The zero-order valence-corrected chi connectivity index (χ0v) is 10.0. The van der Waals surface area contributed by atoms with E-state index in [1.165, 1.54) is 0 Å². The molecule has 0 fully saturated rings. The van der Waals surface area contributed by atoms with E-state index < -0.39 is 5.97 Å². The number of carbonyl (C=O) groups is 1. The minimum atomic E-state index is -0.623. The Bertz CT molecular complexity index is 350. The van der Waals surface area contributed by atoms with E-state index in [0.29, 0.717) is 19.8 Å². The van der Waals surface area contributed by atoms with Crippen molar-refractivity contribution in [3.8, 4) is 5.75 Å². The molecule has 0 unspecified atom stereocenters. The first-order valence-electron chi connectivity index (χ1n) is 5.54. The second-order valence-corrected chi connectivity index (χ2v) is 3.20. The second kappa shape index (κ2) is 9.21. The van der Waals surface area contributed by atoms with Crippen LogP contribution >= 0.6 is 0 Å². The van der Waals surface area contributed by atoms with E-state index in [9.17, 15) is 4.79 Å². The van der Waals surface area contributed by atoms with Crippen molar-refractivity contribution in [1.82, 2.24) is 0 Å². The van der Waals surface area contributed by atoms with Gasteiger partial charge in [-0.15, -0.1) is 0 Å². The Balaban J connectivity index is 1.90. The third kappa shape index (κ3) is 6.67. The fourth-order valence-electron chi connectivity index (χ4n) is 1.06. The van der Waals surface area contributed by atoms with Crippen LogP contribution in [0.4, 0.5) is 0 Å². The van der Waals surface area contributed by atoms with Crippen molar-refractivity contribution in [2.45, 2.75) is 0 Å². The number of benzene rings is 1. The van der Waals surface area contributed by atoms with Crippen molar-refractivity contribution in [2.24, 2.45) is 0 Å². The maximum atomic E-state index is 10.6. The first-order valence-corrected chi connectivity index (χ1v) is 5.54. The summed E-state index contributed by atoms with van der Waals surface area (Å²) in [4.78, 5) is 19.4. The molecule has 0 amide bonds. The highest BCUT2D eigenvalue weighted by Gasteiger charge is 1.96. The normalized spacial score (nSPS) is 9.78. The van der Waals surface area contributed by atoms with Gasteiger partial charge in [0, 0.05) is 6.08 Å². The summed E-state index contributed by atoms with van der Waals surface area (Å²) in [6, 6.07) is 9.47. The van der Waals surface area contributed by atoms with Crippen LogP contribution in [0.5, 0.6) is 5.75 Å². The van der Waals surface area contributed by atoms with E-state index in [2.05, 4.69) is 16.4 Å². The van der Waals surface area contributed by atoms with Gasteiger partial charge in [-0.25, -0.2) is 4.79 Å². The number of rotatable bonds is 9. The van der Waals surface area contributed by atoms with E-state index >= 15 is 0 Å². The third-order valence-electron chi connectivity index (χ3n) is 1.86. The molecule has 0 saturated carbocycles. The van der Waals surface area contributed by atoms with Gasteiger partial charge in [-0.3, -0.25) is 4.89 Å². The molecule has 98 valence electrons. The molecule has 0 radical (unpaired) electrons. The molecule has 1 rings (SSSR count). The van der Waals surface area contributed by atoms with Crippen molar-refractivity contribution in [2.75, 3.05) is 26.4 Å². The topological polar surface area (TPSA) is 54.0 Å². The molecule has 0 spiro atoms. The summed E-state index contributed by atoms with van der Waals surface area (Å²) < 4.78 is 10.6. The lowest BCUT2D eigenvalue weighted by molar-refractivity contribution is -0.271. The number of ether oxygens (including phenoxy) is 2. The van der Waals surface area contributed by atoms with E-state index in [0.717, 1.165) is 11.8 Å². The van der Waals surface area contributed by atoms with Gasteiger partial charge in [-0.05, 0) is 12.1 Å². The van der Waals surface area contributed by atoms with Gasteiger partial charge >= 0.3 is 5.97 Å². The summed E-state index contributed by atoms with van der Waals surface area (Å²) in [7, 11) is 0. The Hall–Kier alpha value is -1.85. The predicted molar refractivity (Wildman–Crippen MR) is 65.0 cm³/mol. The minimum Gasteiger partial charge on any atom is -0.491 e. The Morgan fingerprint density at radius 3 is 2.56 bits per heavy atom. The van der Waals surface area contributed by atoms with Gasteiger partial charge in [0.1, 0.15) is 19.0 Å². The second-order valence-electron chi connectivity index (χ2n) is 3.20. The monoisotopic (exact) mass is 252 g/mol. The van der Waals surface area contributed by atoms with E-state index in [1.807, 2.05) is 30.3 Å². The average molecular weight is 252 g/mol. The molecule has 5 heteroatoms. The summed E-state index contributed by atoms with van der Waals surface area (Å²) >= 11 is 0. The van der Waals surface area contributed by atoms with Gasteiger partial charge < -0.3 is 9.47 Å². The summed E-state index contributed by atoms with van der Waals surface area (Å²) in [5.41, 5.74) is 0. The Kier molecular flexibility index (Phi) is 7.27. The van der Waals surface area contributed by atoms with Crippen molar-refractivity contribution in [3.05, 3.63) is 43.0 Å². The smallest absolute Gasteiger partial charge is 0.365 e. The highest BCUT2D eigenvalue weighted by atomic mass is 17.2. The molecular weight excluding hydrogens is 236 g/mol. The first-order chi connectivity index (χ1) is 8.83. The highest BCUT2D eigenvalue weighted by Crippen LogP contribution is 2.07. The summed E-state index contributed by atoms with van der Waals surface area (Å²) in [6.07, 6.45) is 1.02. The molecule has 0 aromatic heterocycles. The van der Waals surface area contributed by atoms with Crippen LogP contribution in [0.1, 0.15) is 0 Å². The van der Waals surface area contributed by atoms with Gasteiger partial charge in [0.2, 0.25) is 0 Å². The van der Waals surface area contributed by atoms with Crippen LogP contribution in [-0.4, -0.2) is 32.4 Å². The molecule has 0 heterocycles. The van der Waals surface area contributed by atoms with Crippen LogP contribution in [0.3, 0.4) is 0 Å². The van der Waals surface area contributed by atoms with Gasteiger partial charge in [0.05, 0.1) is 13.2 Å². The van der Waals surface area contributed by atoms with Crippen molar-refractivity contribution in [1.29, 1.82) is 0 Å². The summed E-state index contributed by atoms with van der Waals surface area (Å²) in [5, 5.41) is 0. The SMILES string of the molecule is C=CC(=O)OOCCOCCOc1ccccc1. The van der Waals surface area contributed by atoms with Crippen molar-refractivity contribution < 1.29 is 24.0 Å². The largest absolute Gasteiger partial charge is 0.491 e. The quantitative estimate of drug-likeness (QED) is 0.290. The zero-order valence-electron chi connectivity index (χ0n) is 10.0. The van der Waals surface area contributed by atoms with Crippen LogP contribution in [0.25, 0.3) is 0 Å². The molecule has 0 N–H and O–H groups in total. The fourth-order valence-corrected chi connectivity index (χ4v) is 1.06. The lowest BCUT2D eigenvalue weighted by atomic mass is 10.3. The average Bonchev–Trinajstić information content (AvgIpc) is 2.42. The summed E-state index contributed by atoms with van der Waals surface area (Å²) in [6.45, 7) is 4.61. The fraction of sp³-hybridized carbons (Fsp3) is 0.308. The van der Waals surface area contributed by atoms with Crippen LogP contribution < -0.4 is 4.74 Å². The maximum absolute atomic E-state index is 10.6. The van der Waals surface area contributed by atoms with E-state index in [1.54, 1.807) is 0 Å². The number of hydrogen-bond acceptors (Lipinski definition) is 5. The Morgan fingerprint density at radius 1 is 1.11 bits per heavy atom. The molecule has 0 aliphatic rings. The molecule has 0 saturated heterocycles.